The average molecular weight is 265 g/mol. The molecule has 0 aromatic carbocycles. The van der Waals surface area contributed by atoms with E-state index in [0.29, 0.717) is 18.7 Å². The predicted octanol–water partition coefficient (Wildman–Crippen LogP) is 0.896. The number of amides is 1. The van der Waals surface area contributed by atoms with Gasteiger partial charge in [-0.1, -0.05) is 0 Å². The van der Waals surface area contributed by atoms with Crippen molar-refractivity contribution in [3.8, 4) is 0 Å². The van der Waals surface area contributed by atoms with Crippen molar-refractivity contribution in [1.82, 2.24) is 14.7 Å². The van der Waals surface area contributed by atoms with Gasteiger partial charge in [0, 0.05) is 13.6 Å². The molecule has 0 radical (unpaired) electrons. The summed E-state index contributed by atoms with van der Waals surface area (Å²) in [5, 5.41) is 4.17. The average Bonchev–Trinajstić information content (AvgIpc) is 2.76. The summed E-state index contributed by atoms with van der Waals surface area (Å²) in [4.78, 5) is 25.9. The number of rotatable bonds is 2. The molecule has 1 amide bonds. The zero-order valence-electron chi connectivity index (χ0n) is 11.5. The van der Waals surface area contributed by atoms with Crippen LogP contribution in [0.4, 0.5) is 0 Å². The maximum absolute atomic E-state index is 12.5. The molecule has 2 heterocycles. The van der Waals surface area contributed by atoms with Crippen LogP contribution >= 0.6 is 0 Å². The summed E-state index contributed by atoms with van der Waals surface area (Å²) in [5.41, 5.74) is 1.30. The summed E-state index contributed by atoms with van der Waals surface area (Å²) in [6, 6.07) is 1.27. The van der Waals surface area contributed by atoms with Gasteiger partial charge in [0.1, 0.15) is 11.7 Å². The Labute approximate surface area is 112 Å². The zero-order chi connectivity index (χ0) is 14.0. The minimum Gasteiger partial charge on any atom is -0.467 e. The van der Waals surface area contributed by atoms with Crippen molar-refractivity contribution in [2.75, 3.05) is 13.7 Å². The third-order valence-corrected chi connectivity index (χ3v) is 3.46. The third-order valence-electron chi connectivity index (χ3n) is 3.46. The van der Waals surface area contributed by atoms with E-state index in [1.54, 1.807) is 22.7 Å². The summed E-state index contributed by atoms with van der Waals surface area (Å²) in [5.74, 6) is -0.495. The molecule has 6 heteroatoms. The lowest BCUT2D eigenvalue weighted by molar-refractivity contribution is -0.147. The van der Waals surface area contributed by atoms with Gasteiger partial charge in [-0.05, 0) is 32.3 Å². The Kier molecular flexibility index (Phi) is 3.87. The van der Waals surface area contributed by atoms with Gasteiger partial charge in [-0.3, -0.25) is 9.48 Å². The minimum absolute atomic E-state index is 0.154. The quantitative estimate of drug-likeness (QED) is 0.745. The lowest BCUT2D eigenvalue weighted by atomic mass is 10.0. The highest BCUT2D eigenvalue weighted by molar-refractivity contribution is 5.95. The third kappa shape index (κ3) is 2.62. The highest BCUT2D eigenvalue weighted by atomic mass is 16.5. The largest absolute Gasteiger partial charge is 0.467 e. The molecule has 0 aliphatic carbocycles. The number of carbonyl (C=O) groups excluding carboxylic acids is 2. The van der Waals surface area contributed by atoms with Crippen LogP contribution in [0.1, 0.15) is 35.4 Å². The van der Waals surface area contributed by atoms with Crippen LogP contribution in [0.15, 0.2) is 6.07 Å². The summed E-state index contributed by atoms with van der Waals surface area (Å²) in [6.07, 6.45) is 2.51. The first-order chi connectivity index (χ1) is 9.04. The monoisotopic (exact) mass is 265 g/mol. The van der Waals surface area contributed by atoms with Gasteiger partial charge in [0.25, 0.3) is 5.91 Å². The van der Waals surface area contributed by atoms with E-state index >= 15 is 0 Å². The highest BCUT2D eigenvalue weighted by Crippen LogP contribution is 2.20. The second kappa shape index (κ2) is 5.42. The van der Waals surface area contributed by atoms with Crippen molar-refractivity contribution in [3.63, 3.8) is 0 Å². The van der Waals surface area contributed by atoms with Gasteiger partial charge in [0.2, 0.25) is 0 Å². The molecule has 1 aromatic heterocycles. The van der Waals surface area contributed by atoms with Crippen LogP contribution in [-0.2, 0) is 16.6 Å². The van der Waals surface area contributed by atoms with E-state index in [4.69, 9.17) is 4.74 Å². The summed E-state index contributed by atoms with van der Waals surface area (Å²) >= 11 is 0. The number of aryl methyl sites for hydroxylation is 2. The first kappa shape index (κ1) is 13.6. The first-order valence-electron chi connectivity index (χ1n) is 6.44. The molecule has 19 heavy (non-hydrogen) atoms. The van der Waals surface area contributed by atoms with Crippen molar-refractivity contribution in [1.29, 1.82) is 0 Å². The molecule has 0 spiro atoms. The van der Waals surface area contributed by atoms with E-state index in [1.807, 2.05) is 6.92 Å². The van der Waals surface area contributed by atoms with Gasteiger partial charge in [-0.15, -0.1) is 0 Å². The minimum atomic E-state index is -0.471. The number of nitrogens with zero attached hydrogens (tertiary/aromatic N) is 3. The fourth-order valence-corrected chi connectivity index (χ4v) is 2.51. The molecule has 104 valence electrons. The number of methoxy groups -OCH3 is 1. The Morgan fingerprint density at radius 1 is 1.42 bits per heavy atom. The van der Waals surface area contributed by atoms with E-state index in [1.165, 1.54) is 7.11 Å². The summed E-state index contributed by atoms with van der Waals surface area (Å²) in [7, 11) is 3.09. The molecule has 1 aliphatic heterocycles. The molecule has 0 saturated carbocycles. The predicted molar refractivity (Wildman–Crippen MR) is 68.6 cm³/mol. The van der Waals surface area contributed by atoms with Crippen molar-refractivity contribution in [2.45, 2.75) is 32.2 Å². The van der Waals surface area contributed by atoms with Gasteiger partial charge in [-0.2, -0.15) is 5.10 Å². The molecule has 1 aromatic rings. The molecule has 2 rings (SSSR count). The molecule has 1 fully saturated rings. The number of aromatic nitrogens is 2. The molecule has 6 nitrogen and oxygen atoms in total. The lowest BCUT2D eigenvalue weighted by Crippen LogP contribution is -2.48. The van der Waals surface area contributed by atoms with Crippen LogP contribution in [0.5, 0.6) is 0 Å². The molecule has 1 saturated heterocycles. The van der Waals surface area contributed by atoms with E-state index < -0.39 is 6.04 Å². The van der Waals surface area contributed by atoms with Crippen molar-refractivity contribution < 1.29 is 14.3 Å². The SMILES string of the molecule is COC(=O)[C@H]1CCCCN1C(=O)c1cc(C)nn1C. The number of ether oxygens (including phenoxy) is 1. The number of esters is 1. The molecule has 0 bridgehead atoms. The molecular formula is C13H19N3O3. The van der Waals surface area contributed by atoms with Crippen LogP contribution < -0.4 is 0 Å². The highest BCUT2D eigenvalue weighted by Gasteiger charge is 2.34. The topological polar surface area (TPSA) is 64.4 Å². The Morgan fingerprint density at radius 3 is 2.74 bits per heavy atom. The summed E-state index contributed by atoms with van der Waals surface area (Å²) in [6.45, 7) is 2.42. The summed E-state index contributed by atoms with van der Waals surface area (Å²) < 4.78 is 6.34. The number of hydrogen-bond donors (Lipinski definition) is 0. The molecule has 0 N–H and O–H groups in total. The van der Waals surface area contributed by atoms with E-state index in [9.17, 15) is 9.59 Å². The van der Waals surface area contributed by atoms with Gasteiger partial charge < -0.3 is 9.64 Å². The van der Waals surface area contributed by atoms with Gasteiger partial charge in [0.05, 0.1) is 12.8 Å². The normalized spacial score (nSPS) is 19.3. The second-order valence-corrected chi connectivity index (χ2v) is 4.83. The number of hydrogen-bond acceptors (Lipinski definition) is 4. The fourth-order valence-electron chi connectivity index (χ4n) is 2.51. The van der Waals surface area contributed by atoms with Gasteiger partial charge >= 0.3 is 5.97 Å². The van der Waals surface area contributed by atoms with E-state index in [2.05, 4.69) is 5.10 Å². The second-order valence-electron chi connectivity index (χ2n) is 4.83. The maximum atomic E-state index is 12.5. The number of carbonyl (C=O) groups is 2. The van der Waals surface area contributed by atoms with Gasteiger partial charge in [-0.25, -0.2) is 4.79 Å². The zero-order valence-corrected chi connectivity index (χ0v) is 11.5. The Bertz CT molecular complexity index is 495. The van der Waals surface area contributed by atoms with Crippen molar-refractivity contribution >= 4 is 11.9 Å². The van der Waals surface area contributed by atoms with Crippen molar-refractivity contribution in [2.24, 2.45) is 7.05 Å². The Balaban J connectivity index is 2.25. The van der Waals surface area contributed by atoms with Gasteiger partial charge in [0.15, 0.2) is 0 Å². The van der Waals surface area contributed by atoms with E-state index in [-0.39, 0.29) is 11.9 Å². The van der Waals surface area contributed by atoms with Crippen LogP contribution in [0.2, 0.25) is 0 Å². The number of likely N-dealkylation sites (tertiary alicyclic amines) is 1. The molecule has 1 atom stereocenters. The van der Waals surface area contributed by atoms with Crippen LogP contribution in [0, 0.1) is 6.92 Å². The van der Waals surface area contributed by atoms with Crippen LogP contribution in [0.25, 0.3) is 0 Å². The molecular weight excluding hydrogens is 246 g/mol. The fraction of sp³-hybridized carbons (Fsp3) is 0.615. The van der Waals surface area contributed by atoms with Crippen LogP contribution in [0.3, 0.4) is 0 Å². The smallest absolute Gasteiger partial charge is 0.328 e. The first-order valence-corrected chi connectivity index (χ1v) is 6.44. The van der Waals surface area contributed by atoms with E-state index in [0.717, 1.165) is 18.5 Å². The number of piperidine rings is 1. The lowest BCUT2D eigenvalue weighted by Gasteiger charge is -2.33. The van der Waals surface area contributed by atoms with Crippen molar-refractivity contribution in [3.05, 3.63) is 17.5 Å². The van der Waals surface area contributed by atoms with Crippen LogP contribution in [-0.4, -0.2) is 46.3 Å². The molecule has 0 unspecified atom stereocenters. The Hall–Kier alpha value is -1.85. The maximum Gasteiger partial charge on any atom is 0.328 e. The molecule has 1 aliphatic rings. The Morgan fingerprint density at radius 2 is 2.16 bits per heavy atom. The standard InChI is InChI=1S/C13H19N3O3/c1-9-8-11(15(2)14-9)12(17)16-7-5-4-6-10(16)13(18)19-3/h8,10H,4-7H2,1-3H3/t10-/m1/s1.